The zero-order valence-corrected chi connectivity index (χ0v) is 16.9. The van der Waals surface area contributed by atoms with Crippen LogP contribution in [0.15, 0.2) is 35.5 Å². The van der Waals surface area contributed by atoms with Crippen molar-refractivity contribution in [3.63, 3.8) is 0 Å². The van der Waals surface area contributed by atoms with E-state index in [1.807, 2.05) is 0 Å². The lowest BCUT2D eigenvalue weighted by atomic mass is 9.92. The number of piperidine rings is 1. The van der Waals surface area contributed by atoms with Crippen LogP contribution in [0.4, 0.5) is 11.6 Å². The van der Waals surface area contributed by atoms with Crippen LogP contribution in [0, 0.1) is 5.92 Å². The molecule has 4 aromatic rings. The predicted molar refractivity (Wildman–Crippen MR) is 113 cm³/mol. The Kier molecular flexibility index (Phi) is 4.17. The third-order valence-corrected chi connectivity index (χ3v) is 7.17. The average molecular weight is 397 g/mol. The van der Waals surface area contributed by atoms with Crippen molar-refractivity contribution in [2.24, 2.45) is 5.92 Å². The number of nitrogens with zero attached hydrogens (tertiary/aromatic N) is 6. The van der Waals surface area contributed by atoms with Crippen molar-refractivity contribution in [3.05, 3.63) is 35.5 Å². The number of hydrogen-bond acceptors (Lipinski definition) is 8. The van der Waals surface area contributed by atoms with Gasteiger partial charge in [-0.25, -0.2) is 19.9 Å². The van der Waals surface area contributed by atoms with Crippen LogP contribution in [-0.4, -0.2) is 46.1 Å². The average Bonchev–Trinajstić information content (AvgIpc) is 3.36. The number of fused-ring (bicyclic) bond motifs is 2. The first-order valence-corrected chi connectivity index (χ1v) is 10.8. The van der Waals surface area contributed by atoms with Crippen molar-refractivity contribution in [3.8, 4) is 0 Å². The molecule has 0 aromatic carbocycles. The number of anilines is 2. The summed E-state index contributed by atoms with van der Waals surface area (Å²) in [6, 6.07) is 4.61. The molecule has 8 heteroatoms. The largest absolute Gasteiger partial charge is 0.354 e. The Morgan fingerprint density at radius 3 is 2.52 bits per heavy atom. The summed E-state index contributed by atoms with van der Waals surface area (Å²) in [6.45, 7) is 4.28. The standard InChI is InChI=1S/C19H20N6S2/c1-12-3-6-25(17-14-5-8-27-19(14)23-11-21-17)9-15(12)24(2)16-13-4-7-26-18(13)22-10-20-16/h4-5,7-8,10-12,15H,3,6,9H2,1-2H3. The van der Waals surface area contributed by atoms with Gasteiger partial charge in [0.15, 0.2) is 0 Å². The van der Waals surface area contributed by atoms with E-state index in [9.17, 15) is 0 Å². The lowest BCUT2D eigenvalue weighted by Gasteiger charge is -2.42. The normalized spacial score (nSPS) is 20.4. The first-order chi connectivity index (χ1) is 13.2. The monoisotopic (exact) mass is 396 g/mol. The maximum Gasteiger partial charge on any atom is 0.140 e. The van der Waals surface area contributed by atoms with Gasteiger partial charge in [0.1, 0.15) is 34.0 Å². The van der Waals surface area contributed by atoms with Crippen molar-refractivity contribution in [2.75, 3.05) is 29.9 Å². The van der Waals surface area contributed by atoms with Crippen molar-refractivity contribution in [1.82, 2.24) is 19.9 Å². The van der Waals surface area contributed by atoms with E-state index in [1.165, 1.54) is 0 Å². The van der Waals surface area contributed by atoms with E-state index in [4.69, 9.17) is 0 Å². The predicted octanol–water partition coefficient (Wildman–Crippen LogP) is 4.05. The third kappa shape index (κ3) is 2.83. The summed E-state index contributed by atoms with van der Waals surface area (Å²) >= 11 is 3.33. The van der Waals surface area contributed by atoms with Crippen molar-refractivity contribution in [1.29, 1.82) is 0 Å². The fraction of sp³-hybridized carbons (Fsp3) is 0.368. The fourth-order valence-electron chi connectivity index (χ4n) is 3.99. The highest BCUT2D eigenvalue weighted by Gasteiger charge is 2.32. The molecule has 1 fully saturated rings. The molecule has 2 atom stereocenters. The highest BCUT2D eigenvalue weighted by atomic mass is 32.1. The first kappa shape index (κ1) is 16.8. The molecule has 2 unspecified atom stereocenters. The van der Waals surface area contributed by atoms with Crippen LogP contribution in [0.2, 0.25) is 0 Å². The molecule has 4 aromatic heterocycles. The second kappa shape index (κ2) is 6.69. The molecule has 5 heterocycles. The van der Waals surface area contributed by atoms with E-state index in [-0.39, 0.29) is 0 Å². The number of thiophene rings is 2. The molecule has 0 spiro atoms. The van der Waals surface area contributed by atoms with Gasteiger partial charge >= 0.3 is 0 Å². The molecular weight excluding hydrogens is 376 g/mol. The van der Waals surface area contributed by atoms with Gasteiger partial charge in [0.05, 0.1) is 16.8 Å². The van der Waals surface area contributed by atoms with Gasteiger partial charge in [-0.1, -0.05) is 6.92 Å². The van der Waals surface area contributed by atoms with Gasteiger partial charge in [0.2, 0.25) is 0 Å². The summed E-state index contributed by atoms with van der Waals surface area (Å²) in [4.78, 5) is 24.9. The first-order valence-electron chi connectivity index (χ1n) is 9.06. The Morgan fingerprint density at radius 1 is 1.00 bits per heavy atom. The molecule has 0 radical (unpaired) electrons. The minimum absolute atomic E-state index is 0.361. The molecule has 0 aliphatic carbocycles. The number of rotatable bonds is 3. The molecule has 0 saturated carbocycles. The summed E-state index contributed by atoms with van der Waals surface area (Å²) in [6.07, 6.45) is 4.49. The minimum atomic E-state index is 0.361. The van der Waals surface area contributed by atoms with E-state index in [0.717, 1.165) is 51.6 Å². The lowest BCUT2D eigenvalue weighted by molar-refractivity contribution is 0.366. The summed E-state index contributed by atoms with van der Waals surface area (Å²) in [5.41, 5.74) is 0. The Bertz CT molecular complexity index is 1090. The Hall–Kier alpha value is -2.32. The van der Waals surface area contributed by atoms with Gasteiger partial charge in [-0.05, 0) is 35.2 Å². The van der Waals surface area contributed by atoms with E-state index in [1.54, 1.807) is 35.3 Å². The van der Waals surface area contributed by atoms with Gasteiger partial charge in [-0.15, -0.1) is 22.7 Å². The molecule has 27 heavy (non-hydrogen) atoms. The molecule has 1 saturated heterocycles. The molecule has 6 nitrogen and oxygen atoms in total. The Labute approximate surface area is 165 Å². The molecule has 1 aliphatic rings. The van der Waals surface area contributed by atoms with Crippen LogP contribution in [0.1, 0.15) is 13.3 Å². The SMILES string of the molecule is CC1CCN(c2ncnc3sccc23)CC1N(C)c1ncnc2sccc12. The van der Waals surface area contributed by atoms with Crippen LogP contribution >= 0.6 is 22.7 Å². The maximum atomic E-state index is 4.62. The minimum Gasteiger partial charge on any atom is -0.354 e. The van der Waals surface area contributed by atoms with Crippen molar-refractivity contribution in [2.45, 2.75) is 19.4 Å². The number of aromatic nitrogens is 4. The van der Waals surface area contributed by atoms with Gasteiger partial charge in [0.25, 0.3) is 0 Å². The fourth-order valence-corrected chi connectivity index (χ4v) is 5.44. The summed E-state index contributed by atoms with van der Waals surface area (Å²) < 4.78 is 0. The van der Waals surface area contributed by atoms with E-state index in [0.29, 0.717) is 12.0 Å². The van der Waals surface area contributed by atoms with Crippen LogP contribution in [0.25, 0.3) is 20.4 Å². The number of likely N-dealkylation sites (N-methyl/N-ethyl adjacent to an activating group) is 1. The van der Waals surface area contributed by atoms with E-state index in [2.05, 4.69) is 66.6 Å². The topological polar surface area (TPSA) is 58.0 Å². The summed E-state index contributed by atoms with van der Waals surface area (Å²) in [5.74, 6) is 2.65. The molecular formula is C19H20N6S2. The lowest BCUT2D eigenvalue weighted by Crippen LogP contribution is -2.51. The van der Waals surface area contributed by atoms with Crippen LogP contribution in [0.3, 0.4) is 0 Å². The Morgan fingerprint density at radius 2 is 1.70 bits per heavy atom. The van der Waals surface area contributed by atoms with Crippen LogP contribution < -0.4 is 9.80 Å². The Balaban J connectivity index is 1.49. The van der Waals surface area contributed by atoms with E-state index < -0.39 is 0 Å². The second-order valence-electron chi connectivity index (χ2n) is 7.06. The van der Waals surface area contributed by atoms with Crippen molar-refractivity contribution < 1.29 is 0 Å². The van der Waals surface area contributed by atoms with Gasteiger partial charge in [0, 0.05) is 20.1 Å². The quantitative estimate of drug-likeness (QED) is 0.521. The molecule has 1 aliphatic heterocycles. The van der Waals surface area contributed by atoms with Gasteiger partial charge in [-0.3, -0.25) is 0 Å². The summed E-state index contributed by atoms with van der Waals surface area (Å²) in [7, 11) is 2.16. The maximum absolute atomic E-state index is 4.62. The molecule has 138 valence electrons. The molecule has 0 bridgehead atoms. The zero-order valence-electron chi connectivity index (χ0n) is 15.2. The summed E-state index contributed by atoms with van der Waals surface area (Å²) in [5, 5.41) is 6.46. The zero-order chi connectivity index (χ0) is 18.4. The molecule has 5 rings (SSSR count). The molecule has 0 N–H and O–H groups in total. The highest BCUT2D eigenvalue weighted by molar-refractivity contribution is 7.17. The van der Waals surface area contributed by atoms with Gasteiger partial charge in [-0.2, -0.15) is 0 Å². The highest BCUT2D eigenvalue weighted by Crippen LogP contribution is 2.34. The second-order valence-corrected chi connectivity index (χ2v) is 8.85. The van der Waals surface area contributed by atoms with Crippen LogP contribution in [0.5, 0.6) is 0 Å². The van der Waals surface area contributed by atoms with Gasteiger partial charge < -0.3 is 9.80 Å². The van der Waals surface area contributed by atoms with Crippen LogP contribution in [-0.2, 0) is 0 Å². The molecule has 0 amide bonds. The smallest absolute Gasteiger partial charge is 0.140 e. The third-order valence-electron chi connectivity index (χ3n) is 5.53. The number of hydrogen-bond donors (Lipinski definition) is 0. The van der Waals surface area contributed by atoms with Crippen molar-refractivity contribution >= 4 is 54.7 Å². The van der Waals surface area contributed by atoms with E-state index >= 15 is 0 Å².